The van der Waals surface area contributed by atoms with Crippen LogP contribution in [-0.2, 0) is 0 Å². The van der Waals surface area contributed by atoms with E-state index in [1.165, 1.54) is 28.7 Å². The number of nitrogens with zero attached hydrogens (tertiary/aromatic N) is 4. The van der Waals surface area contributed by atoms with Crippen molar-refractivity contribution in [2.75, 3.05) is 18.0 Å². The predicted octanol–water partition coefficient (Wildman–Crippen LogP) is 4.56. The van der Waals surface area contributed by atoms with Crippen molar-refractivity contribution in [1.29, 1.82) is 0 Å². The van der Waals surface area contributed by atoms with E-state index >= 15 is 0 Å². The van der Waals surface area contributed by atoms with Gasteiger partial charge in [-0.3, -0.25) is 0 Å². The minimum absolute atomic E-state index is 0.398. The molecule has 25 heavy (non-hydrogen) atoms. The molecule has 5 rings (SSSR count). The van der Waals surface area contributed by atoms with E-state index in [0.717, 1.165) is 48.4 Å². The van der Waals surface area contributed by atoms with Gasteiger partial charge in [0.1, 0.15) is 0 Å². The van der Waals surface area contributed by atoms with Crippen LogP contribution in [0.2, 0.25) is 0 Å². The summed E-state index contributed by atoms with van der Waals surface area (Å²) in [4.78, 5) is 7.33. The molecule has 0 bridgehead atoms. The average molecular weight is 354 g/mol. The summed E-state index contributed by atoms with van der Waals surface area (Å²) in [7, 11) is 0. The van der Waals surface area contributed by atoms with Gasteiger partial charge in [0.05, 0.1) is 10.2 Å². The van der Waals surface area contributed by atoms with Crippen molar-refractivity contribution in [3.05, 3.63) is 35.0 Å². The summed E-state index contributed by atoms with van der Waals surface area (Å²) in [6, 6.07) is 4.39. The maximum atomic E-state index is 5.91. The molecule has 0 unspecified atom stereocenters. The van der Waals surface area contributed by atoms with Crippen LogP contribution in [0.3, 0.4) is 0 Å². The topological polar surface area (TPSA) is 55.1 Å². The smallest absolute Gasteiger partial charge is 0.219 e. The second-order valence-electron chi connectivity index (χ2n) is 7.36. The van der Waals surface area contributed by atoms with Gasteiger partial charge in [0.2, 0.25) is 11.8 Å². The van der Waals surface area contributed by atoms with E-state index in [1.54, 1.807) is 11.3 Å². The molecule has 2 aliphatic rings. The zero-order valence-electron chi connectivity index (χ0n) is 14.7. The molecular weight excluding hydrogens is 332 g/mol. The maximum absolute atomic E-state index is 5.91. The van der Waals surface area contributed by atoms with Crippen LogP contribution < -0.4 is 4.90 Å². The summed E-state index contributed by atoms with van der Waals surface area (Å²) in [6.07, 6.45) is 4.52. The molecule has 3 heterocycles. The zero-order chi connectivity index (χ0) is 17.0. The van der Waals surface area contributed by atoms with E-state index in [2.05, 4.69) is 41.1 Å². The number of aryl methyl sites for hydroxylation is 2. The van der Waals surface area contributed by atoms with Gasteiger partial charge in [-0.25, -0.2) is 4.98 Å². The Morgan fingerprint density at radius 1 is 1.00 bits per heavy atom. The number of benzene rings is 1. The summed E-state index contributed by atoms with van der Waals surface area (Å²) >= 11 is 1.80. The van der Waals surface area contributed by atoms with Crippen molar-refractivity contribution in [1.82, 2.24) is 15.2 Å². The maximum Gasteiger partial charge on any atom is 0.219 e. The number of anilines is 1. The third-order valence-corrected chi connectivity index (χ3v) is 6.65. The molecule has 6 heteroatoms. The van der Waals surface area contributed by atoms with Gasteiger partial charge in [-0.2, -0.15) is 0 Å². The molecule has 0 radical (unpaired) electrons. The molecule has 0 atom stereocenters. The molecule has 2 aromatic heterocycles. The summed E-state index contributed by atoms with van der Waals surface area (Å²) in [5.41, 5.74) is 3.77. The third kappa shape index (κ3) is 2.72. The summed E-state index contributed by atoms with van der Waals surface area (Å²) in [6.45, 7) is 6.33. The Bertz CT molecular complexity index is 919. The molecule has 1 saturated heterocycles. The first kappa shape index (κ1) is 15.3. The van der Waals surface area contributed by atoms with Crippen LogP contribution in [0.5, 0.6) is 0 Å². The number of hydrogen-bond acceptors (Lipinski definition) is 6. The van der Waals surface area contributed by atoms with Gasteiger partial charge in [-0.1, -0.05) is 17.4 Å². The van der Waals surface area contributed by atoms with Gasteiger partial charge in [0.25, 0.3) is 0 Å². The molecule has 0 amide bonds. The number of hydrogen-bond donors (Lipinski definition) is 0. The summed E-state index contributed by atoms with van der Waals surface area (Å²) in [5.74, 6) is 2.64. The number of rotatable bonds is 3. The molecule has 1 aliphatic heterocycles. The van der Waals surface area contributed by atoms with Crippen LogP contribution >= 0.6 is 11.3 Å². The van der Waals surface area contributed by atoms with E-state index in [1.807, 2.05) is 0 Å². The van der Waals surface area contributed by atoms with Crippen molar-refractivity contribution in [3.8, 4) is 0 Å². The molecule has 3 aromatic rings. The van der Waals surface area contributed by atoms with Crippen LogP contribution in [0.1, 0.15) is 60.4 Å². The average Bonchev–Trinajstić information content (AvgIpc) is 3.20. The van der Waals surface area contributed by atoms with Gasteiger partial charge in [0, 0.05) is 24.9 Å². The van der Waals surface area contributed by atoms with E-state index in [0.29, 0.717) is 11.8 Å². The second-order valence-corrected chi connectivity index (χ2v) is 8.37. The lowest BCUT2D eigenvalue weighted by atomic mass is 9.97. The van der Waals surface area contributed by atoms with Crippen LogP contribution in [0, 0.1) is 13.8 Å². The highest BCUT2D eigenvalue weighted by Crippen LogP contribution is 2.41. The Balaban J connectivity index is 1.31. The van der Waals surface area contributed by atoms with Crippen molar-refractivity contribution in [2.45, 2.75) is 51.4 Å². The largest absolute Gasteiger partial charge is 0.425 e. The molecule has 130 valence electrons. The predicted molar refractivity (Wildman–Crippen MR) is 99.6 cm³/mol. The molecule has 1 aromatic carbocycles. The molecular formula is C19H22N4OS. The first-order valence-corrected chi connectivity index (χ1v) is 9.95. The van der Waals surface area contributed by atoms with Crippen LogP contribution in [0.15, 0.2) is 16.5 Å². The van der Waals surface area contributed by atoms with Gasteiger partial charge in [-0.15, -0.1) is 10.2 Å². The number of aromatic nitrogens is 3. The minimum Gasteiger partial charge on any atom is -0.425 e. The van der Waals surface area contributed by atoms with Crippen LogP contribution in [0.4, 0.5) is 5.13 Å². The highest BCUT2D eigenvalue weighted by molar-refractivity contribution is 7.22. The van der Waals surface area contributed by atoms with E-state index < -0.39 is 0 Å². The SMILES string of the molecule is Cc1ccc2sc(N3CCC(c4nnc(C5CC5)o4)CC3)nc2c1C. The normalized spacial score (nSPS) is 19.0. The molecule has 2 fully saturated rings. The monoisotopic (exact) mass is 354 g/mol. The van der Waals surface area contributed by atoms with E-state index in [4.69, 9.17) is 9.40 Å². The standard InChI is InChI=1S/C19H22N4OS/c1-11-3-6-15-16(12(11)2)20-19(25-15)23-9-7-14(8-10-23)18-22-21-17(24-18)13-4-5-13/h3,6,13-14H,4-5,7-10H2,1-2H3. The molecule has 1 saturated carbocycles. The summed E-state index contributed by atoms with van der Waals surface area (Å²) < 4.78 is 7.19. The van der Waals surface area contributed by atoms with E-state index in [9.17, 15) is 0 Å². The fraction of sp³-hybridized carbons (Fsp3) is 0.526. The lowest BCUT2D eigenvalue weighted by molar-refractivity contribution is 0.376. The molecule has 0 spiro atoms. The van der Waals surface area contributed by atoms with Crippen molar-refractivity contribution >= 4 is 26.7 Å². The fourth-order valence-electron chi connectivity index (χ4n) is 3.57. The molecule has 0 N–H and O–H groups in total. The summed E-state index contributed by atoms with van der Waals surface area (Å²) in [5, 5.41) is 9.69. The lowest BCUT2D eigenvalue weighted by Crippen LogP contribution is -2.32. The van der Waals surface area contributed by atoms with Gasteiger partial charge < -0.3 is 9.32 Å². The Hall–Kier alpha value is -1.95. The zero-order valence-corrected chi connectivity index (χ0v) is 15.5. The molecule has 5 nitrogen and oxygen atoms in total. The number of piperidine rings is 1. The first-order valence-electron chi connectivity index (χ1n) is 9.14. The minimum atomic E-state index is 0.398. The van der Waals surface area contributed by atoms with Gasteiger partial charge >= 0.3 is 0 Å². The Kier molecular flexibility index (Phi) is 3.55. The van der Waals surface area contributed by atoms with Crippen molar-refractivity contribution < 1.29 is 4.42 Å². The van der Waals surface area contributed by atoms with Gasteiger partial charge in [-0.05, 0) is 56.7 Å². The Labute approximate surface area is 151 Å². The van der Waals surface area contributed by atoms with Crippen molar-refractivity contribution in [3.63, 3.8) is 0 Å². The van der Waals surface area contributed by atoms with Crippen LogP contribution in [-0.4, -0.2) is 28.3 Å². The van der Waals surface area contributed by atoms with E-state index in [-0.39, 0.29) is 0 Å². The lowest BCUT2D eigenvalue weighted by Gasteiger charge is -2.30. The van der Waals surface area contributed by atoms with Gasteiger partial charge in [0.15, 0.2) is 5.13 Å². The number of thiazole rings is 1. The fourth-order valence-corrected chi connectivity index (χ4v) is 4.65. The first-order chi connectivity index (χ1) is 12.2. The highest BCUT2D eigenvalue weighted by atomic mass is 32.1. The Morgan fingerprint density at radius 3 is 2.36 bits per heavy atom. The van der Waals surface area contributed by atoms with Crippen LogP contribution in [0.25, 0.3) is 10.2 Å². The highest BCUT2D eigenvalue weighted by Gasteiger charge is 2.32. The molecule has 1 aliphatic carbocycles. The second kappa shape index (κ2) is 5.80. The van der Waals surface area contributed by atoms with Crippen molar-refractivity contribution in [2.24, 2.45) is 0 Å². The number of fused-ring (bicyclic) bond motifs is 1. The quantitative estimate of drug-likeness (QED) is 0.690. The Morgan fingerprint density at radius 2 is 1.68 bits per heavy atom. The third-order valence-electron chi connectivity index (χ3n) is 5.57.